The molecule has 2 aliphatic heterocycles. The Morgan fingerprint density at radius 2 is 2.15 bits per heavy atom. The summed E-state index contributed by atoms with van der Waals surface area (Å²) in [6.45, 7) is 2.78. The first-order chi connectivity index (χ1) is 13.0. The molecule has 1 spiro atoms. The van der Waals surface area contributed by atoms with Crippen LogP contribution in [0, 0.1) is 17.8 Å². The lowest BCUT2D eigenvalue weighted by Gasteiger charge is -2.46. The van der Waals surface area contributed by atoms with Crippen molar-refractivity contribution in [3.05, 3.63) is 35.5 Å². The van der Waals surface area contributed by atoms with E-state index >= 15 is 0 Å². The smallest absolute Gasteiger partial charge is 0.328 e. The number of hydrogen-bond acceptors (Lipinski definition) is 4. The number of hydrogen-bond donors (Lipinski definition) is 2. The Bertz CT molecular complexity index is 951. The van der Waals surface area contributed by atoms with Crippen LogP contribution >= 0.6 is 0 Å². The molecular formula is C21H25N3O3. The second kappa shape index (κ2) is 5.58. The summed E-state index contributed by atoms with van der Waals surface area (Å²) in [5.74, 6) is 0.512. The minimum atomic E-state index is -0.567. The highest BCUT2D eigenvalue weighted by atomic mass is 16.5. The Hall–Kier alpha value is -2.34. The molecule has 0 bridgehead atoms. The maximum atomic E-state index is 13.1. The first-order valence-electron chi connectivity index (χ1n) is 9.73. The Labute approximate surface area is 158 Å². The zero-order chi connectivity index (χ0) is 18.9. The van der Waals surface area contributed by atoms with Gasteiger partial charge in [-0.15, -0.1) is 0 Å². The number of aromatic amines is 1. The molecule has 1 amide bonds. The van der Waals surface area contributed by atoms with Gasteiger partial charge in [-0.25, -0.2) is 4.79 Å². The van der Waals surface area contributed by atoms with Crippen LogP contribution in [0.15, 0.2) is 24.3 Å². The average molecular weight is 367 g/mol. The van der Waals surface area contributed by atoms with Crippen LogP contribution in [-0.4, -0.2) is 41.5 Å². The van der Waals surface area contributed by atoms with Crippen molar-refractivity contribution in [2.75, 3.05) is 13.7 Å². The Morgan fingerprint density at radius 1 is 1.37 bits per heavy atom. The standard InChI is InChI=1S/C21H25N3O3/c1-11-9-21-15(14(11)10-22)8-18(25)24(21)17(20(26)27-2)7-13-12-5-3-4-6-16(12)23-19(13)21/h3-6,11,14-15,17,23H,7-10,22H2,1-2H3/t11-,14+,15-,17-,21+/m0/s1. The third-order valence-electron chi connectivity index (χ3n) is 7.29. The average Bonchev–Trinajstić information content (AvgIpc) is 3.26. The zero-order valence-corrected chi connectivity index (χ0v) is 15.7. The maximum Gasteiger partial charge on any atom is 0.328 e. The first-order valence-corrected chi connectivity index (χ1v) is 9.73. The summed E-state index contributed by atoms with van der Waals surface area (Å²) in [4.78, 5) is 31.3. The van der Waals surface area contributed by atoms with Crippen LogP contribution in [0.4, 0.5) is 0 Å². The van der Waals surface area contributed by atoms with E-state index in [1.165, 1.54) is 7.11 Å². The van der Waals surface area contributed by atoms with Crippen molar-refractivity contribution in [2.45, 2.75) is 37.8 Å². The molecule has 1 saturated heterocycles. The Balaban J connectivity index is 1.80. The van der Waals surface area contributed by atoms with Gasteiger partial charge in [0.05, 0.1) is 12.6 Å². The van der Waals surface area contributed by atoms with E-state index in [1.54, 1.807) is 0 Å². The molecule has 1 aromatic carbocycles. The number of carbonyl (C=O) groups is 2. The molecule has 5 rings (SSSR count). The number of nitrogens with two attached hydrogens (primary N) is 1. The summed E-state index contributed by atoms with van der Waals surface area (Å²) in [5, 5.41) is 1.14. The highest BCUT2D eigenvalue weighted by Gasteiger charge is 2.66. The topological polar surface area (TPSA) is 88.4 Å². The molecule has 6 heteroatoms. The van der Waals surface area contributed by atoms with Crippen LogP contribution in [0.3, 0.4) is 0 Å². The molecular weight excluding hydrogens is 342 g/mol. The van der Waals surface area contributed by atoms with E-state index in [0.29, 0.717) is 25.3 Å². The van der Waals surface area contributed by atoms with Crippen LogP contribution in [0.25, 0.3) is 10.9 Å². The van der Waals surface area contributed by atoms with E-state index in [9.17, 15) is 9.59 Å². The van der Waals surface area contributed by atoms with Crippen molar-refractivity contribution in [1.82, 2.24) is 9.88 Å². The fraction of sp³-hybridized carbons (Fsp3) is 0.524. The van der Waals surface area contributed by atoms with Crippen LogP contribution in [-0.2, 0) is 26.3 Å². The lowest BCUT2D eigenvalue weighted by atomic mass is 9.76. The molecule has 3 heterocycles. The molecule has 1 saturated carbocycles. The molecule has 6 nitrogen and oxygen atoms in total. The molecule has 0 radical (unpaired) electrons. The molecule has 3 aliphatic rings. The van der Waals surface area contributed by atoms with Gasteiger partial charge in [0.25, 0.3) is 0 Å². The SMILES string of the molecule is COC(=O)[C@@H]1Cc2c([nH]c3ccccc23)[C@@]23C[C@H](C)[C@@H](CN)[C@@H]2CC(=O)N13. The molecule has 2 fully saturated rings. The fourth-order valence-corrected chi connectivity index (χ4v) is 6.30. The summed E-state index contributed by atoms with van der Waals surface area (Å²) in [7, 11) is 1.40. The van der Waals surface area contributed by atoms with E-state index in [0.717, 1.165) is 28.6 Å². The summed E-state index contributed by atoms with van der Waals surface area (Å²) in [6.07, 6.45) is 1.78. The molecule has 142 valence electrons. The fourth-order valence-electron chi connectivity index (χ4n) is 6.30. The molecule has 5 atom stereocenters. The number of H-pyrrole nitrogens is 1. The van der Waals surface area contributed by atoms with Gasteiger partial charge in [0, 0.05) is 35.4 Å². The van der Waals surface area contributed by atoms with E-state index < -0.39 is 11.6 Å². The van der Waals surface area contributed by atoms with Gasteiger partial charge < -0.3 is 20.4 Å². The molecule has 0 unspecified atom stereocenters. The van der Waals surface area contributed by atoms with Crippen LogP contribution in [0.5, 0.6) is 0 Å². The van der Waals surface area contributed by atoms with Crippen molar-refractivity contribution in [2.24, 2.45) is 23.5 Å². The number of nitrogens with zero attached hydrogens (tertiary/aromatic N) is 1. The largest absolute Gasteiger partial charge is 0.467 e. The van der Waals surface area contributed by atoms with Crippen LogP contribution < -0.4 is 5.73 Å². The normalized spacial score (nSPS) is 34.5. The van der Waals surface area contributed by atoms with Gasteiger partial charge in [0.15, 0.2) is 0 Å². The number of benzene rings is 1. The third kappa shape index (κ3) is 1.94. The maximum absolute atomic E-state index is 13.1. The van der Waals surface area contributed by atoms with Gasteiger partial charge in [0.2, 0.25) is 5.91 Å². The number of fused-ring (bicyclic) bond motifs is 3. The summed E-state index contributed by atoms with van der Waals surface area (Å²) < 4.78 is 5.11. The number of aromatic nitrogens is 1. The summed E-state index contributed by atoms with van der Waals surface area (Å²) in [6, 6.07) is 7.62. The van der Waals surface area contributed by atoms with E-state index in [4.69, 9.17) is 10.5 Å². The quantitative estimate of drug-likeness (QED) is 0.794. The van der Waals surface area contributed by atoms with E-state index in [1.807, 2.05) is 17.0 Å². The van der Waals surface area contributed by atoms with Gasteiger partial charge in [-0.2, -0.15) is 0 Å². The minimum absolute atomic E-state index is 0.0463. The molecule has 1 aliphatic carbocycles. The summed E-state index contributed by atoms with van der Waals surface area (Å²) in [5.41, 5.74) is 8.98. The lowest BCUT2D eigenvalue weighted by Crippen LogP contribution is -2.58. The Kier molecular flexibility index (Phi) is 3.47. The number of rotatable bonds is 2. The number of carbonyl (C=O) groups excluding carboxylic acids is 2. The number of para-hydroxylation sites is 1. The zero-order valence-electron chi connectivity index (χ0n) is 15.7. The molecule has 27 heavy (non-hydrogen) atoms. The molecule has 3 N–H and O–H groups in total. The van der Waals surface area contributed by atoms with Gasteiger partial charge >= 0.3 is 5.97 Å². The van der Waals surface area contributed by atoms with Gasteiger partial charge in [-0.3, -0.25) is 4.79 Å². The lowest BCUT2D eigenvalue weighted by molar-refractivity contribution is -0.157. The van der Waals surface area contributed by atoms with Crippen LogP contribution in [0.1, 0.15) is 31.0 Å². The monoisotopic (exact) mass is 367 g/mol. The highest BCUT2D eigenvalue weighted by Crippen LogP contribution is 2.62. The number of ether oxygens (including phenoxy) is 1. The second-order valence-electron chi connectivity index (χ2n) is 8.35. The number of methoxy groups -OCH3 is 1. The van der Waals surface area contributed by atoms with Crippen molar-refractivity contribution in [3.8, 4) is 0 Å². The summed E-state index contributed by atoms with van der Waals surface area (Å²) >= 11 is 0. The highest BCUT2D eigenvalue weighted by molar-refractivity contribution is 5.92. The van der Waals surface area contributed by atoms with Crippen molar-refractivity contribution < 1.29 is 14.3 Å². The first kappa shape index (κ1) is 16.8. The second-order valence-corrected chi connectivity index (χ2v) is 8.35. The third-order valence-corrected chi connectivity index (χ3v) is 7.29. The number of esters is 1. The van der Waals surface area contributed by atoms with Gasteiger partial charge in [-0.1, -0.05) is 25.1 Å². The predicted octanol–water partition coefficient (Wildman–Crippen LogP) is 1.92. The Morgan fingerprint density at radius 3 is 2.89 bits per heavy atom. The molecule has 2 aromatic rings. The van der Waals surface area contributed by atoms with Crippen molar-refractivity contribution in [1.29, 1.82) is 0 Å². The van der Waals surface area contributed by atoms with Gasteiger partial charge in [0.1, 0.15) is 6.04 Å². The number of amides is 1. The minimum Gasteiger partial charge on any atom is -0.467 e. The predicted molar refractivity (Wildman–Crippen MR) is 101 cm³/mol. The van der Waals surface area contributed by atoms with Crippen molar-refractivity contribution in [3.63, 3.8) is 0 Å². The van der Waals surface area contributed by atoms with Gasteiger partial charge in [-0.05, 0) is 36.4 Å². The van der Waals surface area contributed by atoms with E-state index in [2.05, 4.69) is 24.0 Å². The van der Waals surface area contributed by atoms with Crippen LogP contribution in [0.2, 0.25) is 0 Å². The molecule has 1 aromatic heterocycles. The number of nitrogens with one attached hydrogen (secondary N) is 1. The van der Waals surface area contributed by atoms with Crippen molar-refractivity contribution >= 4 is 22.8 Å². The van der Waals surface area contributed by atoms with E-state index in [-0.39, 0.29) is 23.7 Å².